The Morgan fingerprint density at radius 2 is 1.54 bits per heavy atom. The molecule has 8 heteroatoms. The normalized spacial score (nSPS) is 22.8. The van der Waals surface area contributed by atoms with E-state index in [4.69, 9.17) is 0 Å². The Balaban J connectivity index is 1.70. The highest BCUT2D eigenvalue weighted by Crippen LogP contribution is 2.33. The summed E-state index contributed by atoms with van der Waals surface area (Å²) in [6.07, 6.45) is 2.33. The number of Topliss-reactive ketones (excluding diaryl/α,β-unsaturated/α-hetero) is 2. The van der Waals surface area contributed by atoms with E-state index in [-0.39, 0.29) is 21.9 Å². The molecule has 0 amide bonds. The molecule has 2 fully saturated rings. The topological polar surface area (TPSA) is 96.2 Å². The standard InChI is InChI=1S/C20H27N3O4S/c1-14-8-10-23(11-9-14)28(26,27)16-6-4-15(5-7-16)21-22-19-17(24)12-20(2,3)13-18(19)25/h4-7,14,19H,8-13H2,1-3H3. The minimum absolute atomic E-state index is 0.215. The maximum Gasteiger partial charge on any atom is 0.243 e. The Hall–Kier alpha value is -1.93. The maximum atomic E-state index is 12.7. The van der Waals surface area contributed by atoms with Crippen LogP contribution in [0.25, 0.3) is 0 Å². The van der Waals surface area contributed by atoms with Crippen molar-refractivity contribution in [3.63, 3.8) is 0 Å². The quantitative estimate of drug-likeness (QED) is 0.565. The van der Waals surface area contributed by atoms with Gasteiger partial charge in [0.25, 0.3) is 0 Å². The lowest BCUT2D eigenvalue weighted by atomic mass is 9.74. The predicted octanol–water partition coefficient (Wildman–Crippen LogP) is 3.52. The molecule has 0 N–H and O–H groups in total. The molecule has 1 aliphatic heterocycles. The van der Waals surface area contributed by atoms with Gasteiger partial charge in [-0.1, -0.05) is 20.8 Å². The first kappa shape index (κ1) is 20.8. The fourth-order valence-corrected chi connectivity index (χ4v) is 5.16. The van der Waals surface area contributed by atoms with Crippen LogP contribution < -0.4 is 0 Å². The molecule has 0 spiro atoms. The Labute approximate surface area is 166 Å². The number of carbonyl (C=O) groups is 2. The molecule has 2 aliphatic rings. The van der Waals surface area contributed by atoms with Crippen LogP contribution in [0.3, 0.4) is 0 Å². The largest absolute Gasteiger partial charge is 0.297 e. The van der Waals surface area contributed by atoms with E-state index in [0.29, 0.717) is 37.5 Å². The van der Waals surface area contributed by atoms with Crippen molar-refractivity contribution < 1.29 is 18.0 Å². The fraction of sp³-hybridized carbons (Fsp3) is 0.600. The predicted molar refractivity (Wildman–Crippen MR) is 105 cm³/mol. The molecule has 28 heavy (non-hydrogen) atoms. The van der Waals surface area contributed by atoms with E-state index in [0.717, 1.165) is 12.8 Å². The third-order valence-electron chi connectivity index (χ3n) is 5.42. The molecule has 1 aliphatic carbocycles. The lowest BCUT2D eigenvalue weighted by molar-refractivity contribution is -0.135. The zero-order chi connectivity index (χ0) is 20.5. The number of benzene rings is 1. The molecule has 1 saturated heterocycles. The van der Waals surface area contributed by atoms with Crippen molar-refractivity contribution in [3.8, 4) is 0 Å². The summed E-state index contributed by atoms with van der Waals surface area (Å²) in [4.78, 5) is 24.5. The number of piperidine rings is 1. The van der Waals surface area contributed by atoms with Crippen LogP contribution in [0, 0.1) is 11.3 Å². The smallest absolute Gasteiger partial charge is 0.243 e. The van der Waals surface area contributed by atoms with Gasteiger partial charge in [-0.3, -0.25) is 9.59 Å². The Kier molecular flexibility index (Phi) is 5.82. The van der Waals surface area contributed by atoms with Crippen molar-refractivity contribution in [2.75, 3.05) is 13.1 Å². The number of rotatable bonds is 4. The number of hydrogen-bond acceptors (Lipinski definition) is 6. The van der Waals surface area contributed by atoms with Crippen LogP contribution in [0.15, 0.2) is 39.4 Å². The molecule has 1 heterocycles. The highest BCUT2D eigenvalue weighted by molar-refractivity contribution is 7.89. The number of hydrogen-bond donors (Lipinski definition) is 0. The second-order valence-corrected chi connectivity index (χ2v) is 10.6. The number of azo groups is 1. The molecular weight excluding hydrogens is 378 g/mol. The zero-order valence-electron chi connectivity index (χ0n) is 16.6. The average molecular weight is 406 g/mol. The first-order chi connectivity index (χ1) is 13.1. The highest BCUT2D eigenvalue weighted by Gasteiger charge is 2.39. The summed E-state index contributed by atoms with van der Waals surface area (Å²) in [5, 5.41) is 7.94. The minimum atomic E-state index is -3.52. The van der Waals surface area contributed by atoms with Crippen LogP contribution >= 0.6 is 0 Å². The maximum absolute atomic E-state index is 12.7. The molecule has 1 saturated carbocycles. The number of carbonyl (C=O) groups excluding carboxylic acids is 2. The van der Waals surface area contributed by atoms with E-state index in [2.05, 4.69) is 17.2 Å². The van der Waals surface area contributed by atoms with E-state index in [1.165, 1.54) is 16.4 Å². The summed E-state index contributed by atoms with van der Waals surface area (Å²) in [5.41, 5.74) is 0.0827. The Morgan fingerprint density at radius 1 is 1.00 bits per heavy atom. The van der Waals surface area contributed by atoms with Crippen LogP contribution in [0.1, 0.15) is 46.5 Å². The van der Waals surface area contributed by atoms with Gasteiger partial charge in [0, 0.05) is 25.9 Å². The second-order valence-electron chi connectivity index (χ2n) is 8.65. The zero-order valence-corrected chi connectivity index (χ0v) is 17.4. The van der Waals surface area contributed by atoms with Crippen molar-refractivity contribution in [3.05, 3.63) is 24.3 Å². The first-order valence-corrected chi connectivity index (χ1v) is 11.1. The van der Waals surface area contributed by atoms with Crippen molar-refractivity contribution in [2.45, 2.75) is 57.4 Å². The molecule has 1 aromatic rings. The molecule has 152 valence electrons. The monoisotopic (exact) mass is 405 g/mol. The Morgan fingerprint density at radius 3 is 2.07 bits per heavy atom. The average Bonchev–Trinajstić information content (AvgIpc) is 2.61. The summed E-state index contributed by atoms with van der Waals surface area (Å²) >= 11 is 0. The summed E-state index contributed by atoms with van der Waals surface area (Å²) in [6, 6.07) is 5.03. The van der Waals surface area contributed by atoms with Crippen LogP contribution in [0.5, 0.6) is 0 Å². The summed E-state index contributed by atoms with van der Waals surface area (Å²) < 4.78 is 27.0. The molecule has 0 bridgehead atoms. The van der Waals surface area contributed by atoms with E-state index in [9.17, 15) is 18.0 Å². The van der Waals surface area contributed by atoms with Crippen LogP contribution in [0.4, 0.5) is 5.69 Å². The number of ketones is 2. The molecule has 1 aromatic carbocycles. The molecule has 0 aromatic heterocycles. The molecular formula is C20H27N3O4S. The number of sulfonamides is 1. The fourth-order valence-electron chi connectivity index (χ4n) is 3.69. The second kappa shape index (κ2) is 7.83. The van der Waals surface area contributed by atoms with Crippen molar-refractivity contribution >= 4 is 27.3 Å². The molecule has 0 atom stereocenters. The molecule has 0 radical (unpaired) electrons. The highest BCUT2D eigenvalue weighted by atomic mass is 32.2. The van der Waals surface area contributed by atoms with Gasteiger partial charge in [0.15, 0.2) is 17.6 Å². The Bertz CT molecular complexity index is 863. The SMILES string of the molecule is CC1CCN(S(=O)(=O)c2ccc(N=NC3C(=O)CC(C)(C)CC3=O)cc2)CC1. The van der Waals surface area contributed by atoms with Crippen LogP contribution in [0.2, 0.25) is 0 Å². The lowest BCUT2D eigenvalue weighted by Gasteiger charge is -2.29. The van der Waals surface area contributed by atoms with Gasteiger partial charge in [-0.05, 0) is 48.4 Å². The van der Waals surface area contributed by atoms with Gasteiger partial charge in [0.1, 0.15) is 0 Å². The van der Waals surface area contributed by atoms with Crippen molar-refractivity contribution in [1.29, 1.82) is 0 Å². The summed E-state index contributed by atoms with van der Waals surface area (Å²) in [7, 11) is -3.52. The minimum Gasteiger partial charge on any atom is -0.297 e. The van der Waals surface area contributed by atoms with E-state index < -0.39 is 16.1 Å². The molecule has 0 unspecified atom stereocenters. The van der Waals surface area contributed by atoms with Gasteiger partial charge < -0.3 is 0 Å². The van der Waals surface area contributed by atoms with Crippen LogP contribution in [-0.4, -0.2) is 43.4 Å². The lowest BCUT2D eigenvalue weighted by Crippen LogP contribution is -2.40. The molecule has 7 nitrogen and oxygen atoms in total. The third kappa shape index (κ3) is 4.55. The third-order valence-corrected chi connectivity index (χ3v) is 7.33. The van der Waals surface area contributed by atoms with Gasteiger partial charge in [0.05, 0.1) is 10.6 Å². The van der Waals surface area contributed by atoms with Crippen molar-refractivity contribution in [1.82, 2.24) is 4.31 Å². The first-order valence-electron chi connectivity index (χ1n) is 9.65. The molecule has 3 rings (SSSR count). The van der Waals surface area contributed by atoms with Gasteiger partial charge in [-0.25, -0.2) is 8.42 Å². The summed E-state index contributed by atoms with van der Waals surface area (Å²) in [5.74, 6) is 0.108. The van der Waals surface area contributed by atoms with Gasteiger partial charge in [-0.15, -0.1) is 0 Å². The van der Waals surface area contributed by atoms with E-state index in [1.54, 1.807) is 12.1 Å². The van der Waals surface area contributed by atoms with Gasteiger partial charge >= 0.3 is 0 Å². The van der Waals surface area contributed by atoms with Crippen LogP contribution in [-0.2, 0) is 19.6 Å². The van der Waals surface area contributed by atoms with Gasteiger partial charge in [-0.2, -0.15) is 14.5 Å². The van der Waals surface area contributed by atoms with E-state index >= 15 is 0 Å². The van der Waals surface area contributed by atoms with Crippen molar-refractivity contribution in [2.24, 2.45) is 21.6 Å². The van der Waals surface area contributed by atoms with E-state index in [1.807, 2.05) is 13.8 Å². The summed E-state index contributed by atoms with van der Waals surface area (Å²) in [6.45, 7) is 6.98. The van der Waals surface area contributed by atoms with Gasteiger partial charge in [0.2, 0.25) is 10.0 Å². The number of nitrogens with zero attached hydrogens (tertiary/aromatic N) is 3.